The molecule has 0 fully saturated rings. The number of hydrogen-bond donors (Lipinski definition) is 1. The van der Waals surface area contributed by atoms with Gasteiger partial charge < -0.3 is 14.4 Å². The number of aromatic nitrogens is 1. The second-order valence-electron chi connectivity index (χ2n) is 4.60. The van der Waals surface area contributed by atoms with Crippen LogP contribution in [-0.2, 0) is 12.6 Å². The number of rotatable bonds is 2. The number of benzene rings is 1. The summed E-state index contributed by atoms with van der Waals surface area (Å²) in [5, 5.41) is 11.1. The van der Waals surface area contributed by atoms with Gasteiger partial charge in [-0.2, -0.15) is 0 Å². The first-order chi connectivity index (χ1) is 7.43. The van der Waals surface area contributed by atoms with Crippen LogP contribution in [0.1, 0.15) is 19.4 Å². The molecular formula is C13H17NO2. The number of aryl methyl sites for hydroxylation is 1. The number of aliphatic hydroxyl groups is 1. The molecule has 3 heteroatoms. The molecule has 0 atom stereocenters. The molecule has 0 bridgehead atoms. The summed E-state index contributed by atoms with van der Waals surface area (Å²) in [6.45, 7) is 3.59. The monoisotopic (exact) mass is 219 g/mol. The third-order valence-electron chi connectivity index (χ3n) is 2.86. The van der Waals surface area contributed by atoms with Gasteiger partial charge in [0.05, 0.1) is 12.7 Å². The average molecular weight is 219 g/mol. The highest BCUT2D eigenvalue weighted by Gasteiger charge is 2.21. The molecule has 0 saturated carbocycles. The Morgan fingerprint density at radius 3 is 2.56 bits per heavy atom. The van der Waals surface area contributed by atoms with Crippen molar-refractivity contribution >= 4 is 10.9 Å². The Bertz CT molecular complexity index is 520. The number of hydrogen-bond acceptors (Lipinski definition) is 2. The molecule has 1 heterocycles. The average Bonchev–Trinajstić information content (AvgIpc) is 2.55. The predicted molar refractivity (Wildman–Crippen MR) is 64.7 cm³/mol. The van der Waals surface area contributed by atoms with Crippen LogP contribution in [0.3, 0.4) is 0 Å². The zero-order valence-electron chi connectivity index (χ0n) is 10.1. The fraction of sp³-hybridized carbons (Fsp3) is 0.385. The van der Waals surface area contributed by atoms with Crippen molar-refractivity contribution in [1.82, 2.24) is 4.57 Å². The van der Waals surface area contributed by atoms with Gasteiger partial charge in [-0.15, -0.1) is 0 Å². The molecule has 86 valence electrons. The van der Waals surface area contributed by atoms with Crippen molar-refractivity contribution in [3.8, 4) is 5.75 Å². The van der Waals surface area contributed by atoms with Gasteiger partial charge in [0.15, 0.2) is 0 Å². The summed E-state index contributed by atoms with van der Waals surface area (Å²) >= 11 is 0. The highest BCUT2D eigenvalue weighted by Crippen LogP contribution is 2.31. The molecule has 0 aliphatic heterocycles. The molecule has 1 aromatic carbocycles. The summed E-state index contributed by atoms with van der Waals surface area (Å²) < 4.78 is 7.22. The third-order valence-corrected chi connectivity index (χ3v) is 2.86. The molecule has 3 nitrogen and oxygen atoms in total. The summed E-state index contributed by atoms with van der Waals surface area (Å²) in [5.74, 6) is 0.809. The maximum atomic E-state index is 10.1. The van der Waals surface area contributed by atoms with E-state index in [-0.39, 0.29) is 0 Å². The first-order valence-corrected chi connectivity index (χ1v) is 5.29. The number of fused-ring (bicyclic) bond motifs is 1. The molecular weight excluding hydrogens is 202 g/mol. The number of ether oxygens (including phenoxy) is 1. The molecule has 0 amide bonds. The van der Waals surface area contributed by atoms with Crippen molar-refractivity contribution in [3.63, 3.8) is 0 Å². The van der Waals surface area contributed by atoms with E-state index in [2.05, 4.69) is 0 Å². The van der Waals surface area contributed by atoms with Gasteiger partial charge in [-0.1, -0.05) is 0 Å². The first kappa shape index (κ1) is 11.0. The normalized spacial score (nSPS) is 12.1. The van der Waals surface area contributed by atoms with Crippen LogP contribution in [0.2, 0.25) is 0 Å². The van der Waals surface area contributed by atoms with Gasteiger partial charge >= 0.3 is 0 Å². The lowest BCUT2D eigenvalue weighted by Crippen LogP contribution is -2.14. The number of methoxy groups -OCH3 is 1. The van der Waals surface area contributed by atoms with E-state index in [4.69, 9.17) is 4.74 Å². The third kappa shape index (κ3) is 1.67. The topological polar surface area (TPSA) is 34.4 Å². The SMILES string of the molecule is COc1ccc2c(c1)c(C(C)(C)O)cn2C. The van der Waals surface area contributed by atoms with Gasteiger partial charge in [0.2, 0.25) is 0 Å². The van der Waals surface area contributed by atoms with Crippen molar-refractivity contribution in [2.75, 3.05) is 7.11 Å². The van der Waals surface area contributed by atoms with E-state index >= 15 is 0 Å². The van der Waals surface area contributed by atoms with Crippen LogP contribution in [0.5, 0.6) is 5.75 Å². The molecule has 1 N–H and O–H groups in total. The molecule has 0 spiro atoms. The Kier molecular flexibility index (Phi) is 2.43. The van der Waals surface area contributed by atoms with E-state index in [1.165, 1.54) is 0 Å². The molecule has 0 aliphatic carbocycles. The van der Waals surface area contributed by atoms with E-state index < -0.39 is 5.60 Å². The lowest BCUT2D eigenvalue weighted by Gasteiger charge is -2.16. The van der Waals surface area contributed by atoms with Crippen LogP contribution < -0.4 is 4.74 Å². The van der Waals surface area contributed by atoms with Gasteiger partial charge in [0, 0.05) is 29.7 Å². The molecule has 0 radical (unpaired) electrons. The maximum absolute atomic E-state index is 10.1. The van der Waals surface area contributed by atoms with E-state index in [0.717, 1.165) is 22.2 Å². The van der Waals surface area contributed by atoms with Crippen molar-refractivity contribution in [1.29, 1.82) is 0 Å². The van der Waals surface area contributed by atoms with Gasteiger partial charge in [0.25, 0.3) is 0 Å². The van der Waals surface area contributed by atoms with Gasteiger partial charge in [0.1, 0.15) is 5.75 Å². The minimum Gasteiger partial charge on any atom is -0.497 e. The Morgan fingerprint density at radius 1 is 1.31 bits per heavy atom. The minimum atomic E-state index is -0.841. The Balaban J connectivity index is 2.75. The summed E-state index contributed by atoms with van der Waals surface area (Å²) in [6, 6.07) is 5.89. The molecule has 2 rings (SSSR count). The van der Waals surface area contributed by atoms with Gasteiger partial charge in [-0.25, -0.2) is 0 Å². The van der Waals surface area contributed by atoms with Crippen molar-refractivity contribution < 1.29 is 9.84 Å². The summed E-state index contributed by atoms with van der Waals surface area (Å²) in [7, 11) is 3.62. The van der Waals surface area contributed by atoms with E-state index in [0.29, 0.717) is 0 Å². The van der Waals surface area contributed by atoms with E-state index in [9.17, 15) is 5.11 Å². The fourth-order valence-corrected chi connectivity index (χ4v) is 1.99. The quantitative estimate of drug-likeness (QED) is 0.841. The zero-order chi connectivity index (χ0) is 11.9. The predicted octanol–water partition coefficient (Wildman–Crippen LogP) is 2.41. The molecule has 0 unspecified atom stereocenters. The maximum Gasteiger partial charge on any atom is 0.119 e. The summed E-state index contributed by atoms with van der Waals surface area (Å²) in [5.41, 5.74) is 1.17. The van der Waals surface area contributed by atoms with Crippen molar-refractivity contribution in [3.05, 3.63) is 30.0 Å². The van der Waals surface area contributed by atoms with Crippen molar-refractivity contribution in [2.24, 2.45) is 7.05 Å². The molecule has 0 aliphatic rings. The fourth-order valence-electron chi connectivity index (χ4n) is 1.99. The van der Waals surface area contributed by atoms with Crippen LogP contribution in [0.25, 0.3) is 10.9 Å². The standard InChI is InChI=1S/C13H17NO2/c1-13(2,15)11-8-14(3)12-6-5-9(16-4)7-10(11)12/h5-8,15H,1-4H3. The van der Waals surface area contributed by atoms with E-state index in [1.807, 2.05) is 36.0 Å². The van der Waals surface area contributed by atoms with Crippen molar-refractivity contribution in [2.45, 2.75) is 19.4 Å². The largest absolute Gasteiger partial charge is 0.497 e. The lowest BCUT2D eigenvalue weighted by atomic mass is 9.98. The van der Waals surface area contributed by atoms with Gasteiger partial charge in [-0.05, 0) is 32.0 Å². The summed E-state index contributed by atoms with van der Waals surface area (Å²) in [6.07, 6.45) is 1.96. The lowest BCUT2D eigenvalue weighted by molar-refractivity contribution is 0.0800. The molecule has 1 aromatic heterocycles. The summed E-state index contributed by atoms with van der Waals surface area (Å²) in [4.78, 5) is 0. The minimum absolute atomic E-state index is 0.809. The van der Waals surface area contributed by atoms with Crippen LogP contribution in [-0.4, -0.2) is 16.8 Å². The second-order valence-corrected chi connectivity index (χ2v) is 4.60. The first-order valence-electron chi connectivity index (χ1n) is 5.29. The highest BCUT2D eigenvalue weighted by atomic mass is 16.5. The molecule has 16 heavy (non-hydrogen) atoms. The smallest absolute Gasteiger partial charge is 0.119 e. The van der Waals surface area contributed by atoms with E-state index in [1.54, 1.807) is 21.0 Å². The second kappa shape index (κ2) is 3.52. The van der Waals surface area contributed by atoms with Crippen LogP contribution in [0, 0.1) is 0 Å². The number of nitrogens with zero attached hydrogens (tertiary/aromatic N) is 1. The Morgan fingerprint density at radius 2 is 2.00 bits per heavy atom. The molecule has 2 aromatic rings. The Labute approximate surface area is 95.3 Å². The van der Waals surface area contributed by atoms with Crippen LogP contribution in [0.15, 0.2) is 24.4 Å². The highest BCUT2D eigenvalue weighted by molar-refractivity contribution is 5.86. The molecule has 0 saturated heterocycles. The van der Waals surface area contributed by atoms with Crippen LogP contribution in [0.4, 0.5) is 0 Å². The zero-order valence-corrected chi connectivity index (χ0v) is 10.1. The van der Waals surface area contributed by atoms with Gasteiger partial charge in [-0.3, -0.25) is 0 Å². The Hall–Kier alpha value is -1.48. The van der Waals surface area contributed by atoms with Crippen LogP contribution >= 0.6 is 0 Å².